The highest BCUT2D eigenvalue weighted by Gasteiger charge is 2.33. The number of hydrogen-bond donors (Lipinski definition) is 2. The lowest BCUT2D eigenvalue weighted by atomic mass is 9.84. The van der Waals surface area contributed by atoms with E-state index in [1.165, 1.54) is 6.92 Å². The van der Waals surface area contributed by atoms with Crippen LogP contribution in [0.15, 0.2) is 0 Å². The van der Waals surface area contributed by atoms with Crippen molar-refractivity contribution in [3.8, 4) is 0 Å². The van der Waals surface area contributed by atoms with Crippen molar-refractivity contribution in [1.29, 1.82) is 0 Å². The van der Waals surface area contributed by atoms with Gasteiger partial charge in [0.25, 0.3) is 0 Å². The van der Waals surface area contributed by atoms with Crippen LogP contribution in [-0.4, -0.2) is 22.2 Å². The van der Waals surface area contributed by atoms with Gasteiger partial charge in [-0.3, -0.25) is 9.59 Å². The zero-order chi connectivity index (χ0) is 9.07. The Morgan fingerprint density at radius 1 is 1.36 bits per heavy atom. The number of carboxylic acid groups (broad SMARTS) is 2. The second kappa shape index (κ2) is 3.37. The van der Waals surface area contributed by atoms with Crippen molar-refractivity contribution in [1.82, 2.24) is 0 Å². The molecular formula is C7H12O4. The average molecular weight is 160 g/mol. The molecule has 1 unspecified atom stereocenters. The fourth-order valence-corrected chi connectivity index (χ4v) is 0.686. The maximum atomic E-state index is 10.5. The Labute approximate surface area is 64.8 Å². The Balaban J connectivity index is 4.34. The first-order chi connectivity index (χ1) is 4.92. The fourth-order valence-electron chi connectivity index (χ4n) is 0.686. The van der Waals surface area contributed by atoms with Crippen LogP contribution >= 0.6 is 0 Å². The Hall–Kier alpha value is -1.06. The predicted octanol–water partition coefficient (Wildman–Crippen LogP) is 0.962. The maximum absolute atomic E-state index is 10.5. The maximum Gasteiger partial charge on any atom is 0.309 e. The van der Waals surface area contributed by atoms with Crippen molar-refractivity contribution in [3.05, 3.63) is 0 Å². The molecule has 0 aromatic heterocycles. The molecule has 0 radical (unpaired) electrons. The summed E-state index contributed by atoms with van der Waals surface area (Å²) in [6.45, 7) is 3.10. The van der Waals surface area contributed by atoms with Gasteiger partial charge >= 0.3 is 11.9 Å². The summed E-state index contributed by atoms with van der Waals surface area (Å²) in [5.41, 5.74) is -1.12. The molecule has 0 aliphatic carbocycles. The van der Waals surface area contributed by atoms with Gasteiger partial charge in [0.05, 0.1) is 11.8 Å². The van der Waals surface area contributed by atoms with E-state index in [2.05, 4.69) is 0 Å². The molecule has 4 nitrogen and oxygen atoms in total. The van der Waals surface area contributed by atoms with Gasteiger partial charge in [0.1, 0.15) is 0 Å². The van der Waals surface area contributed by atoms with E-state index in [0.29, 0.717) is 6.42 Å². The van der Waals surface area contributed by atoms with Gasteiger partial charge in [-0.25, -0.2) is 0 Å². The van der Waals surface area contributed by atoms with Crippen molar-refractivity contribution in [2.24, 2.45) is 5.41 Å². The topological polar surface area (TPSA) is 74.6 Å². The van der Waals surface area contributed by atoms with Crippen LogP contribution in [0.25, 0.3) is 0 Å². The quantitative estimate of drug-likeness (QED) is 0.642. The predicted molar refractivity (Wildman–Crippen MR) is 38.3 cm³/mol. The minimum Gasteiger partial charge on any atom is -0.481 e. The van der Waals surface area contributed by atoms with Crippen LogP contribution in [0, 0.1) is 5.41 Å². The highest BCUT2D eigenvalue weighted by atomic mass is 16.4. The minimum absolute atomic E-state index is 0.321. The van der Waals surface area contributed by atoms with E-state index in [1.807, 2.05) is 0 Å². The Morgan fingerprint density at radius 3 is 1.91 bits per heavy atom. The van der Waals surface area contributed by atoms with Crippen molar-refractivity contribution >= 4 is 11.9 Å². The van der Waals surface area contributed by atoms with Crippen LogP contribution in [0.2, 0.25) is 0 Å². The molecule has 11 heavy (non-hydrogen) atoms. The number of carbonyl (C=O) groups is 2. The van der Waals surface area contributed by atoms with E-state index < -0.39 is 17.4 Å². The van der Waals surface area contributed by atoms with Crippen LogP contribution in [0.4, 0.5) is 0 Å². The third kappa shape index (κ3) is 2.57. The summed E-state index contributed by atoms with van der Waals surface area (Å²) >= 11 is 0. The molecular weight excluding hydrogens is 148 g/mol. The van der Waals surface area contributed by atoms with Crippen LogP contribution in [-0.2, 0) is 9.59 Å². The second-order valence-corrected chi connectivity index (χ2v) is 2.79. The monoisotopic (exact) mass is 160 g/mol. The van der Waals surface area contributed by atoms with Gasteiger partial charge in [0.15, 0.2) is 0 Å². The molecule has 2 N–H and O–H groups in total. The van der Waals surface area contributed by atoms with Gasteiger partial charge in [-0.15, -0.1) is 0 Å². The molecule has 4 heteroatoms. The molecule has 0 saturated heterocycles. The largest absolute Gasteiger partial charge is 0.481 e. The SMILES string of the molecule is CCC(C)(CC(=O)O)C(=O)O. The Kier molecular flexibility index (Phi) is 3.04. The summed E-state index contributed by atoms with van der Waals surface area (Å²) in [5, 5.41) is 17.0. The van der Waals surface area contributed by atoms with E-state index in [0.717, 1.165) is 0 Å². The van der Waals surface area contributed by atoms with Gasteiger partial charge < -0.3 is 10.2 Å². The van der Waals surface area contributed by atoms with Crippen LogP contribution < -0.4 is 0 Å². The molecule has 0 aromatic carbocycles. The zero-order valence-electron chi connectivity index (χ0n) is 6.63. The fraction of sp³-hybridized carbons (Fsp3) is 0.714. The summed E-state index contributed by atoms with van der Waals surface area (Å²) in [5.74, 6) is -2.13. The van der Waals surface area contributed by atoms with E-state index in [-0.39, 0.29) is 6.42 Å². The van der Waals surface area contributed by atoms with Gasteiger partial charge in [-0.1, -0.05) is 6.92 Å². The van der Waals surface area contributed by atoms with E-state index >= 15 is 0 Å². The first-order valence-corrected chi connectivity index (χ1v) is 3.37. The lowest BCUT2D eigenvalue weighted by Gasteiger charge is -2.19. The van der Waals surface area contributed by atoms with Gasteiger partial charge in [0, 0.05) is 0 Å². The van der Waals surface area contributed by atoms with Crippen molar-refractivity contribution < 1.29 is 19.8 Å². The molecule has 0 aliphatic heterocycles. The van der Waals surface area contributed by atoms with Crippen LogP contribution in [0.5, 0.6) is 0 Å². The smallest absolute Gasteiger partial charge is 0.309 e. The zero-order valence-corrected chi connectivity index (χ0v) is 6.63. The van der Waals surface area contributed by atoms with Crippen molar-refractivity contribution in [3.63, 3.8) is 0 Å². The molecule has 0 aliphatic rings. The molecule has 0 rings (SSSR count). The van der Waals surface area contributed by atoms with Gasteiger partial charge in [-0.2, -0.15) is 0 Å². The molecule has 0 saturated carbocycles. The lowest BCUT2D eigenvalue weighted by Crippen LogP contribution is -2.29. The summed E-state index contributed by atoms with van der Waals surface area (Å²) in [7, 11) is 0. The summed E-state index contributed by atoms with van der Waals surface area (Å²) in [6.07, 6.45) is 0.00741. The number of aliphatic carboxylic acids is 2. The van der Waals surface area contributed by atoms with Crippen molar-refractivity contribution in [2.75, 3.05) is 0 Å². The van der Waals surface area contributed by atoms with Crippen LogP contribution in [0.1, 0.15) is 26.7 Å². The highest BCUT2D eigenvalue weighted by molar-refractivity contribution is 5.80. The number of carboxylic acids is 2. The van der Waals surface area contributed by atoms with E-state index in [1.54, 1.807) is 6.92 Å². The third-order valence-electron chi connectivity index (χ3n) is 1.84. The first kappa shape index (κ1) is 9.94. The second-order valence-electron chi connectivity index (χ2n) is 2.79. The molecule has 0 bridgehead atoms. The van der Waals surface area contributed by atoms with Crippen LogP contribution in [0.3, 0.4) is 0 Å². The lowest BCUT2D eigenvalue weighted by molar-refractivity contribution is -0.154. The standard InChI is InChI=1S/C7H12O4/c1-3-7(2,6(10)11)4-5(8)9/h3-4H2,1-2H3,(H,8,9)(H,10,11). The molecule has 0 heterocycles. The highest BCUT2D eigenvalue weighted by Crippen LogP contribution is 2.25. The first-order valence-electron chi connectivity index (χ1n) is 3.37. The molecule has 0 amide bonds. The summed E-state index contributed by atoms with van der Waals surface area (Å²) in [6, 6.07) is 0. The average Bonchev–Trinajstić information content (AvgIpc) is 1.86. The van der Waals surface area contributed by atoms with E-state index in [9.17, 15) is 9.59 Å². The van der Waals surface area contributed by atoms with Crippen molar-refractivity contribution in [2.45, 2.75) is 26.7 Å². The van der Waals surface area contributed by atoms with Gasteiger partial charge in [-0.05, 0) is 13.3 Å². The molecule has 0 aromatic rings. The van der Waals surface area contributed by atoms with Gasteiger partial charge in [0.2, 0.25) is 0 Å². The minimum atomic E-state index is -1.12. The summed E-state index contributed by atoms with van der Waals surface area (Å²) in [4.78, 5) is 20.7. The Bertz CT molecular complexity index is 175. The third-order valence-corrected chi connectivity index (χ3v) is 1.84. The van der Waals surface area contributed by atoms with E-state index in [4.69, 9.17) is 10.2 Å². The summed E-state index contributed by atoms with van der Waals surface area (Å²) < 4.78 is 0. The molecule has 0 spiro atoms. The number of hydrogen-bond acceptors (Lipinski definition) is 2. The molecule has 0 fully saturated rings. The Morgan fingerprint density at radius 2 is 1.82 bits per heavy atom. The number of rotatable bonds is 4. The normalized spacial score (nSPS) is 15.5. The molecule has 1 atom stereocenters. The molecule has 64 valence electrons.